The van der Waals surface area contributed by atoms with E-state index in [1.165, 1.54) is 11.3 Å². The van der Waals surface area contributed by atoms with Gasteiger partial charge in [-0.25, -0.2) is 4.79 Å². The minimum Gasteiger partial charge on any atom is -0.449 e. The summed E-state index contributed by atoms with van der Waals surface area (Å²) in [7, 11) is 0. The topological polar surface area (TPSA) is 35.5 Å². The maximum atomic E-state index is 12.3. The van der Waals surface area contributed by atoms with Gasteiger partial charge in [-0.3, -0.25) is 0 Å². The van der Waals surface area contributed by atoms with Crippen LogP contribution in [0, 0.1) is 0 Å². The summed E-state index contributed by atoms with van der Waals surface area (Å²) in [6.45, 7) is 0. The zero-order valence-electron chi connectivity index (χ0n) is 10.4. The van der Waals surface area contributed by atoms with Crippen LogP contribution in [0.15, 0.2) is 53.9 Å². The molecule has 1 unspecified atom stereocenters. The lowest BCUT2D eigenvalue weighted by Gasteiger charge is -2.25. The fourth-order valence-electron chi connectivity index (χ4n) is 2.40. The Morgan fingerprint density at radius 3 is 2.70 bits per heavy atom. The lowest BCUT2D eigenvalue weighted by Crippen LogP contribution is -2.22. The zero-order valence-corrected chi connectivity index (χ0v) is 11.2. The van der Waals surface area contributed by atoms with Gasteiger partial charge in [-0.05, 0) is 28.3 Å². The molecular weight excluding hydrogens is 272 g/mol. The molecule has 0 saturated carbocycles. The molecule has 0 amide bonds. The second kappa shape index (κ2) is 4.35. The van der Waals surface area contributed by atoms with E-state index >= 15 is 0 Å². The maximum Gasteiger partial charge on any atom is 0.345 e. The average Bonchev–Trinajstić information content (AvgIpc) is 3.01. The Hall–Kier alpha value is -2.33. The normalized spacial score (nSPS) is 17.4. The van der Waals surface area contributed by atoms with Crippen LogP contribution >= 0.6 is 11.3 Å². The minimum atomic E-state index is -0.642. The molecule has 3 aromatic rings. The van der Waals surface area contributed by atoms with Crippen molar-refractivity contribution < 1.29 is 14.3 Å². The fraction of sp³-hybridized carbons (Fsp3) is 0.0625. The molecule has 1 aliphatic rings. The molecule has 3 nitrogen and oxygen atoms in total. The number of ether oxygens (including phenoxy) is 2. The Balaban J connectivity index is 1.86. The van der Waals surface area contributed by atoms with Gasteiger partial charge in [-0.2, -0.15) is 0 Å². The van der Waals surface area contributed by atoms with Crippen LogP contribution in [0.25, 0.3) is 10.8 Å². The number of rotatable bonds is 1. The minimum absolute atomic E-state index is 0.332. The summed E-state index contributed by atoms with van der Waals surface area (Å²) >= 11 is 1.51. The molecule has 4 heteroatoms. The van der Waals surface area contributed by atoms with E-state index in [1.807, 2.05) is 53.9 Å². The van der Waals surface area contributed by atoms with Crippen LogP contribution in [-0.4, -0.2) is 5.97 Å². The highest BCUT2D eigenvalue weighted by molar-refractivity contribution is 7.10. The van der Waals surface area contributed by atoms with Gasteiger partial charge in [-0.1, -0.05) is 36.4 Å². The van der Waals surface area contributed by atoms with Crippen molar-refractivity contribution in [1.82, 2.24) is 0 Å². The van der Waals surface area contributed by atoms with Crippen molar-refractivity contribution in [3.05, 3.63) is 64.4 Å². The average molecular weight is 282 g/mol. The summed E-state index contributed by atoms with van der Waals surface area (Å²) in [5.41, 5.74) is 0.510. The van der Waals surface area contributed by atoms with Crippen LogP contribution in [0.1, 0.15) is 21.5 Å². The Bertz CT molecular complexity index is 793. The van der Waals surface area contributed by atoms with Gasteiger partial charge < -0.3 is 9.47 Å². The third-order valence-electron chi connectivity index (χ3n) is 3.32. The van der Waals surface area contributed by atoms with Crippen molar-refractivity contribution in [2.24, 2.45) is 0 Å². The van der Waals surface area contributed by atoms with Gasteiger partial charge >= 0.3 is 5.97 Å². The molecule has 4 rings (SSSR count). The second-order valence-corrected chi connectivity index (χ2v) is 5.51. The molecular formula is C16H10O3S. The third kappa shape index (κ3) is 1.69. The first kappa shape index (κ1) is 11.5. The summed E-state index contributed by atoms with van der Waals surface area (Å²) in [5.74, 6) is 0.250. The highest BCUT2D eigenvalue weighted by atomic mass is 32.1. The van der Waals surface area contributed by atoms with Crippen LogP contribution in [0.3, 0.4) is 0 Å². The van der Waals surface area contributed by atoms with Crippen LogP contribution in [0.2, 0.25) is 0 Å². The molecule has 2 aromatic carbocycles. The Morgan fingerprint density at radius 1 is 0.950 bits per heavy atom. The summed E-state index contributed by atoms with van der Waals surface area (Å²) < 4.78 is 11.2. The number of benzene rings is 2. The van der Waals surface area contributed by atoms with Crippen LogP contribution in [0.4, 0.5) is 0 Å². The molecule has 1 atom stereocenters. The fourth-order valence-corrected chi connectivity index (χ4v) is 3.08. The zero-order chi connectivity index (χ0) is 13.5. The number of carbonyl (C=O) groups is 1. The van der Waals surface area contributed by atoms with E-state index in [0.717, 1.165) is 15.6 Å². The number of hydrogen-bond donors (Lipinski definition) is 0. The van der Waals surface area contributed by atoms with E-state index in [0.29, 0.717) is 11.3 Å². The SMILES string of the molecule is O=C1OC(c2cccs2)Oc2ccc3ccccc3c21. The van der Waals surface area contributed by atoms with Crippen LogP contribution in [0.5, 0.6) is 5.75 Å². The van der Waals surface area contributed by atoms with Crippen molar-refractivity contribution in [2.75, 3.05) is 0 Å². The molecule has 0 saturated heterocycles. The Kier molecular flexibility index (Phi) is 2.50. The van der Waals surface area contributed by atoms with Crippen LogP contribution < -0.4 is 4.74 Å². The molecule has 0 bridgehead atoms. The molecule has 2 heterocycles. The maximum absolute atomic E-state index is 12.3. The van der Waals surface area contributed by atoms with Gasteiger partial charge in [0.15, 0.2) is 0 Å². The number of hydrogen-bond acceptors (Lipinski definition) is 4. The number of carbonyl (C=O) groups excluding carboxylic acids is 1. The second-order valence-electron chi connectivity index (χ2n) is 4.53. The van der Waals surface area contributed by atoms with Crippen molar-refractivity contribution in [1.29, 1.82) is 0 Å². The smallest absolute Gasteiger partial charge is 0.345 e. The molecule has 0 spiro atoms. The standard InChI is InChI=1S/C16H10O3S/c17-15-14-11-5-2-1-4-10(11)7-8-12(14)18-16(19-15)13-6-3-9-20-13/h1-9,16H. The summed E-state index contributed by atoms with van der Waals surface area (Å²) in [4.78, 5) is 13.2. The Labute approximate surface area is 119 Å². The first-order valence-corrected chi connectivity index (χ1v) is 7.14. The molecule has 98 valence electrons. The number of esters is 1. The molecule has 20 heavy (non-hydrogen) atoms. The largest absolute Gasteiger partial charge is 0.449 e. The third-order valence-corrected chi connectivity index (χ3v) is 4.21. The molecule has 1 aliphatic heterocycles. The van der Waals surface area contributed by atoms with Gasteiger partial charge in [-0.15, -0.1) is 11.3 Å². The molecule has 0 aliphatic carbocycles. The van der Waals surface area contributed by atoms with Crippen molar-refractivity contribution in [3.63, 3.8) is 0 Å². The van der Waals surface area contributed by atoms with Crippen LogP contribution in [-0.2, 0) is 4.74 Å². The van der Waals surface area contributed by atoms with E-state index < -0.39 is 6.29 Å². The van der Waals surface area contributed by atoms with E-state index in [-0.39, 0.29) is 5.97 Å². The first-order chi connectivity index (χ1) is 9.83. The lowest BCUT2D eigenvalue weighted by atomic mass is 10.0. The molecule has 0 N–H and O–H groups in total. The van der Waals surface area contributed by atoms with Gasteiger partial charge in [0.25, 0.3) is 6.29 Å². The predicted octanol–water partition coefficient (Wildman–Crippen LogP) is 4.15. The highest BCUT2D eigenvalue weighted by Gasteiger charge is 2.30. The van der Waals surface area contributed by atoms with Crippen molar-refractivity contribution in [2.45, 2.75) is 6.29 Å². The Morgan fingerprint density at radius 2 is 1.85 bits per heavy atom. The number of fused-ring (bicyclic) bond motifs is 3. The van der Waals surface area contributed by atoms with E-state index in [4.69, 9.17) is 9.47 Å². The van der Waals surface area contributed by atoms with E-state index in [2.05, 4.69) is 0 Å². The monoisotopic (exact) mass is 282 g/mol. The van der Waals surface area contributed by atoms with Gasteiger partial charge in [0.05, 0.1) is 4.88 Å². The van der Waals surface area contributed by atoms with Crippen molar-refractivity contribution in [3.8, 4) is 5.75 Å². The highest BCUT2D eigenvalue weighted by Crippen LogP contribution is 2.38. The first-order valence-electron chi connectivity index (χ1n) is 6.26. The van der Waals surface area contributed by atoms with Gasteiger partial charge in [0, 0.05) is 0 Å². The number of thiophene rings is 1. The number of cyclic esters (lactones) is 1. The summed E-state index contributed by atoms with van der Waals surface area (Å²) in [6, 6.07) is 15.3. The van der Waals surface area contributed by atoms with Gasteiger partial charge in [0.2, 0.25) is 0 Å². The van der Waals surface area contributed by atoms with E-state index in [1.54, 1.807) is 0 Å². The lowest BCUT2D eigenvalue weighted by molar-refractivity contribution is -0.0600. The predicted molar refractivity (Wildman–Crippen MR) is 77.1 cm³/mol. The summed E-state index contributed by atoms with van der Waals surface area (Å²) in [6.07, 6.45) is -0.642. The van der Waals surface area contributed by atoms with E-state index in [9.17, 15) is 4.79 Å². The quantitative estimate of drug-likeness (QED) is 0.629. The molecule has 1 aromatic heterocycles. The summed E-state index contributed by atoms with van der Waals surface area (Å²) in [5, 5.41) is 3.80. The van der Waals surface area contributed by atoms with Crippen molar-refractivity contribution >= 4 is 28.1 Å². The molecule has 0 fully saturated rings. The van der Waals surface area contributed by atoms with Gasteiger partial charge in [0.1, 0.15) is 11.3 Å². The molecule has 0 radical (unpaired) electrons.